The second-order valence-corrected chi connectivity index (χ2v) is 4.39. The zero-order chi connectivity index (χ0) is 11.0. The molecule has 1 aromatic rings. The minimum atomic E-state index is -0.236. The fourth-order valence-electron chi connectivity index (χ4n) is 2.50. The molecule has 0 saturated heterocycles. The topological polar surface area (TPSA) is 33.6 Å². The van der Waals surface area contributed by atoms with Crippen molar-refractivity contribution >= 4 is 18.2 Å². The third-order valence-electron chi connectivity index (χ3n) is 3.43. The smallest absolute Gasteiger partial charge is 0.169 e. The summed E-state index contributed by atoms with van der Waals surface area (Å²) in [4.78, 5) is 4.52. The fourth-order valence-corrected chi connectivity index (χ4v) is 2.50. The van der Waals surface area contributed by atoms with Crippen LogP contribution in [0.25, 0.3) is 0 Å². The maximum Gasteiger partial charge on any atom is 0.169 e. The molecule has 3 rings (SSSR count). The molecule has 17 heavy (non-hydrogen) atoms. The lowest BCUT2D eigenvalue weighted by Gasteiger charge is -2.27. The third kappa shape index (κ3) is 1.89. The van der Waals surface area contributed by atoms with E-state index >= 15 is 0 Å². The molecule has 2 aliphatic rings. The molecular formula is C13H17ClN2O. The number of para-hydroxylation sites is 1. The number of benzene rings is 1. The standard InChI is InChI=1S/C13H16N2O.ClH/c1-2-13(12-14-7-8-15-12)9-10-5-3-4-6-11(10)16-13;/h3-6H,2,7-9H2,1H3,(H,14,15);1H/t13-;/m0./s1. The van der Waals surface area contributed by atoms with Crippen molar-refractivity contribution in [2.75, 3.05) is 13.1 Å². The first-order valence-electron chi connectivity index (χ1n) is 5.90. The van der Waals surface area contributed by atoms with Crippen molar-refractivity contribution < 1.29 is 4.74 Å². The summed E-state index contributed by atoms with van der Waals surface area (Å²) in [7, 11) is 0. The van der Waals surface area contributed by atoms with Crippen molar-refractivity contribution in [2.45, 2.75) is 25.4 Å². The highest BCUT2D eigenvalue weighted by Crippen LogP contribution is 2.37. The zero-order valence-electron chi connectivity index (χ0n) is 9.90. The second-order valence-electron chi connectivity index (χ2n) is 4.39. The summed E-state index contributed by atoms with van der Waals surface area (Å²) < 4.78 is 6.13. The molecule has 0 saturated carbocycles. The van der Waals surface area contributed by atoms with E-state index in [9.17, 15) is 0 Å². The van der Waals surface area contributed by atoms with E-state index in [-0.39, 0.29) is 18.0 Å². The minimum Gasteiger partial charge on any atom is -0.479 e. The molecule has 2 aliphatic heterocycles. The first-order chi connectivity index (χ1) is 7.84. The Morgan fingerprint density at radius 2 is 2.24 bits per heavy atom. The van der Waals surface area contributed by atoms with Crippen LogP contribution in [0.1, 0.15) is 18.9 Å². The van der Waals surface area contributed by atoms with Crippen LogP contribution in [0.15, 0.2) is 29.3 Å². The van der Waals surface area contributed by atoms with Gasteiger partial charge in [0, 0.05) is 13.0 Å². The molecule has 2 heterocycles. The van der Waals surface area contributed by atoms with Gasteiger partial charge in [0.05, 0.1) is 6.54 Å². The monoisotopic (exact) mass is 252 g/mol. The first-order valence-corrected chi connectivity index (χ1v) is 5.90. The van der Waals surface area contributed by atoms with Gasteiger partial charge in [0.1, 0.15) is 11.6 Å². The van der Waals surface area contributed by atoms with Gasteiger partial charge in [-0.05, 0) is 18.1 Å². The predicted molar refractivity (Wildman–Crippen MR) is 71.3 cm³/mol. The lowest BCUT2D eigenvalue weighted by atomic mass is 9.93. The molecule has 0 aromatic heterocycles. The molecule has 0 spiro atoms. The van der Waals surface area contributed by atoms with Crippen LogP contribution in [-0.2, 0) is 6.42 Å². The summed E-state index contributed by atoms with van der Waals surface area (Å²) >= 11 is 0. The highest BCUT2D eigenvalue weighted by Gasteiger charge is 2.43. The van der Waals surface area contributed by atoms with Crippen molar-refractivity contribution in [1.82, 2.24) is 5.32 Å². The van der Waals surface area contributed by atoms with Crippen LogP contribution in [0.5, 0.6) is 5.75 Å². The zero-order valence-corrected chi connectivity index (χ0v) is 10.7. The van der Waals surface area contributed by atoms with Crippen LogP contribution in [-0.4, -0.2) is 24.5 Å². The molecule has 0 aliphatic carbocycles. The van der Waals surface area contributed by atoms with E-state index < -0.39 is 0 Å². The number of hydrogen-bond donors (Lipinski definition) is 1. The van der Waals surface area contributed by atoms with Crippen LogP contribution < -0.4 is 10.1 Å². The van der Waals surface area contributed by atoms with Gasteiger partial charge in [-0.15, -0.1) is 12.4 Å². The van der Waals surface area contributed by atoms with E-state index in [0.717, 1.165) is 37.5 Å². The fraction of sp³-hybridized carbons (Fsp3) is 0.462. The van der Waals surface area contributed by atoms with E-state index in [1.165, 1.54) is 5.56 Å². The van der Waals surface area contributed by atoms with Gasteiger partial charge in [-0.2, -0.15) is 0 Å². The van der Waals surface area contributed by atoms with Gasteiger partial charge in [-0.3, -0.25) is 4.99 Å². The highest BCUT2D eigenvalue weighted by atomic mass is 35.5. The second kappa shape index (κ2) is 4.57. The van der Waals surface area contributed by atoms with Gasteiger partial charge in [0.15, 0.2) is 5.60 Å². The molecule has 3 nitrogen and oxygen atoms in total. The van der Waals surface area contributed by atoms with Crippen LogP contribution >= 0.6 is 12.4 Å². The van der Waals surface area contributed by atoms with E-state index in [4.69, 9.17) is 4.74 Å². The lowest BCUT2D eigenvalue weighted by molar-refractivity contribution is 0.162. The number of rotatable bonds is 2. The SMILES string of the molecule is CC[C@@]1(C2=NCCN2)Cc2ccccc2O1.Cl. The first kappa shape index (κ1) is 12.2. The van der Waals surface area contributed by atoms with Gasteiger partial charge in [-0.25, -0.2) is 0 Å². The molecule has 1 aromatic carbocycles. The van der Waals surface area contributed by atoms with Crippen molar-refractivity contribution in [2.24, 2.45) is 4.99 Å². The molecule has 1 N–H and O–H groups in total. The van der Waals surface area contributed by atoms with Crippen LogP contribution in [0.2, 0.25) is 0 Å². The van der Waals surface area contributed by atoms with Crippen molar-refractivity contribution in [3.8, 4) is 5.75 Å². The quantitative estimate of drug-likeness (QED) is 0.876. The molecule has 0 amide bonds. The predicted octanol–water partition coefficient (Wildman–Crippen LogP) is 2.19. The van der Waals surface area contributed by atoms with Gasteiger partial charge in [0.2, 0.25) is 0 Å². The van der Waals surface area contributed by atoms with Crippen molar-refractivity contribution in [3.05, 3.63) is 29.8 Å². The van der Waals surface area contributed by atoms with Gasteiger partial charge in [0.25, 0.3) is 0 Å². The molecule has 0 radical (unpaired) electrons. The average molecular weight is 253 g/mol. The van der Waals surface area contributed by atoms with Crippen molar-refractivity contribution in [3.63, 3.8) is 0 Å². The minimum absolute atomic E-state index is 0. The molecule has 92 valence electrons. The number of nitrogens with one attached hydrogen (secondary N) is 1. The van der Waals surface area contributed by atoms with E-state index in [1.807, 2.05) is 12.1 Å². The molecular weight excluding hydrogens is 236 g/mol. The van der Waals surface area contributed by atoms with E-state index in [2.05, 4.69) is 29.4 Å². The van der Waals surface area contributed by atoms with Crippen LogP contribution in [0.4, 0.5) is 0 Å². The molecule has 0 fully saturated rings. The number of amidine groups is 1. The van der Waals surface area contributed by atoms with E-state index in [0.29, 0.717) is 0 Å². The lowest BCUT2D eigenvalue weighted by Crippen LogP contribution is -2.48. The number of hydrogen-bond acceptors (Lipinski definition) is 3. The normalized spacial score (nSPS) is 25.4. The highest BCUT2D eigenvalue weighted by molar-refractivity contribution is 5.93. The number of fused-ring (bicyclic) bond motifs is 1. The van der Waals surface area contributed by atoms with Crippen LogP contribution in [0.3, 0.4) is 0 Å². The van der Waals surface area contributed by atoms with Crippen molar-refractivity contribution in [1.29, 1.82) is 0 Å². The third-order valence-corrected chi connectivity index (χ3v) is 3.43. The molecule has 0 unspecified atom stereocenters. The van der Waals surface area contributed by atoms with Gasteiger partial charge in [-0.1, -0.05) is 25.1 Å². The Morgan fingerprint density at radius 1 is 1.41 bits per heavy atom. The number of halogens is 1. The maximum atomic E-state index is 6.13. The summed E-state index contributed by atoms with van der Waals surface area (Å²) in [6.07, 6.45) is 1.89. The number of ether oxygens (including phenoxy) is 1. The van der Waals surface area contributed by atoms with E-state index in [1.54, 1.807) is 0 Å². The average Bonchev–Trinajstić information content (AvgIpc) is 2.96. The summed E-state index contributed by atoms with van der Waals surface area (Å²) in [5, 5.41) is 3.35. The maximum absolute atomic E-state index is 6.13. The summed E-state index contributed by atoms with van der Waals surface area (Å²) in [6, 6.07) is 8.27. The Bertz CT molecular complexity index is 420. The number of nitrogens with zero attached hydrogens (tertiary/aromatic N) is 1. The molecule has 4 heteroatoms. The Morgan fingerprint density at radius 3 is 2.88 bits per heavy atom. The molecule has 0 bridgehead atoms. The Kier molecular flexibility index (Phi) is 3.29. The summed E-state index contributed by atoms with van der Waals surface area (Å²) in [6.45, 7) is 3.97. The Labute approximate surface area is 108 Å². The summed E-state index contributed by atoms with van der Waals surface area (Å²) in [5.74, 6) is 2.05. The Hall–Kier alpha value is -1.22. The Balaban J connectivity index is 0.00000108. The van der Waals surface area contributed by atoms with Crippen LogP contribution in [0, 0.1) is 0 Å². The summed E-state index contributed by atoms with van der Waals surface area (Å²) in [5.41, 5.74) is 1.06. The molecule has 1 atom stereocenters. The largest absolute Gasteiger partial charge is 0.479 e. The number of aliphatic imine (C=N–C) groups is 1. The van der Waals surface area contributed by atoms with Gasteiger partial charge >= 0.3 is 0 Å². The van der Waals surface area contributed by atoms with Gasteiger partial charge < -0.3 is 10.1 Å².